The van der Waals surface area contributed by atoms with Crippen molar-refractivity contribution < 1.29 is 0 Å². The zero-order valence-electron chi connectivity index (χ0n) is 9.03. The number of aryl methyl sites for hydroxylation is 2. The van der Waals surface area contributed by atoms with Crippen LogP contribution in [0.2, 0.25) is 5.02 Å². The molecule has 0 fully saturated rings. The van der Waals surface area contributed by atoms with E-state index in [2.05, 4.69) is 11.2 Å². The van der Waals surface area contributed by atoms with E-state index in [1.807, 2.05) is 32.0 Å². The normalized spacial score (nSPS) is 10.1. The van der Waals surface area contributed by atoms with Crippen molar-refractivity contribution in [1.82, 2.24) is 9.78 Å². The van der Waals surface area contributed by atoms with E-state index in [4.69, 9.17) is 16.9 Å². The van der Waals surface area contributed by atoms with Gasteiger partial charge in [-0.05, 0) is 31.5 Å². The minimum Gasteiger partial charge on any atom is -0.238 e. The highest BCUT2D eigenvalue weighted by atomic mass is 35.5. The number of nitrogens with zero attached hydrogens (tertiary/aromatic N) is 3. The van der Waals surface area contributed by atoms with Crippen LogP contribution in [0.4, 0.5) is 0 Å². The van der Waals surface area contributed by atoms with Crippen LogP contribution in [0.25, 0.3) is 5.69 Å². The van der Waals surface area contributed by atoms with Crippen LogP contribution in [-0.4, -0.2) is 9.78 Å². The number of hydrogen-bond donors (Lipinski definition) is 0. The Bertz CT molecular complexity index is 559. The van der Waals surface area contributed by atoms with Gasteiger partial charge in [0.05, 0.1) is 22.0 Å². The Labute approximate surface area is 98.9 Å². The van der Waals surface area contributed by atoms with Crippen molar-refractivity contribution in [2.24, 2.45) is 0 Å². The standard InChI is InChI=1S/C12H10ClN3/c1-8-3-4-12(10(5-8)6-14)16-7-11(13)9(2)15-16/h3-5,7H,1-2H3. The van der Waals surface area contributed by atoms with Crippen LogP contribution in [0.1, 0.15) is 16.8 Å². The van der Waals surface area contributed by atoms with Gasteiger partial charge < -0.3 is 0 Å². The highest BCUT2D eigenvalue weighted by Crippen LogP contribution is 2.19. The zero-order valence-corrected chi connectivity index (χ0v) is 9.78. The minimum absolute atomic E-state index is 0.596. The molecule has 80 valence electrons. The smallest absolute Gasteiger partial charge is 0.101 e. The second-order valence-corrected chi connectivity index (χ2v) is 4.05. The number of hydrogen-bond acceptors (Lipinski definition) is 2. The van der Waals surface area contributed by atoms with E-state index >= 15 is 0 Å². The summed E-state index contributed by atoms with van der Waals surface area (Å²) in [6.07, 6.45) is 1.71. The van der Waals surface area contributed by atoms with Crippen molar-refractivity contribution in [3.63, 3.8) is 0 Å². The molecule has 0 saturated carbocycles. The first-order chi connectivity index (χ1) is 7.61. The van der Waals surface area contributed by atoms with Crippen molar-refractivity contribution in [2.45, 2.75) is 13.8 Å². The molecule has 2 aromatic rings. The van der Waals surface area contributed by atoms with Crippen LogP contribution in [0.5, 0.6) is 0 Å². The first-order valence-electron chi connectivity index (χ1n) is 4.84. The first kappa shape index (κ1) is 10.7. The van der Waals surface area contributed by atoms with Crippen molar-refractivity contribution in [2.75, 3.05) is 0 Å². The Balaban J connectivity index is 2.60. The third kappa shape index (κ3) is 1.80. The molecule has 0 bridgehead atoms. The summed E-state index contributed by atoms with van der Waals surface area (Å²) in [7, 11) is 0. The van der Waals surface area contributed by atoms with E-state index in [-0.39, 0.29) is 0 Å². The van der Waals surface area contributed by atoms with Gasteiger partial charge in [-0.25, -0.2) is 4.68 Å². The predicted molar refractivity (Wildman–Crippen MR) is 62.8 cm³/mol. The molecule has 1 heterocycles. The first-order valence-corrected chi connectivity index (χ1v) is 5.22. The maximum atomic E-state index is 9.06. The van der Waals surface area contributed by atoms with Crippen LogP contribution in [0, 0.1) is 25.2 Å². The molecule has 0 aliphatic carbocycles. The summed E-state index contributed by atoms with van der Waals surface area (Å²) in [6, 6.07) is 7.81. The molecular weight excluding hydrogens is 222 g/mol. The number of benzene rings is 1. The van der Waals surface area contributed by atoms with Crippen LogP contribution < -0.4 is 0 Å². The third-order valence-corrected chi connectivity index (χ3v) is 2.73. The predicted octanol–water partition coefficient (Wildman–Crippen LogP) is 3.01. The molecule has 1 aromatic carbocycles. The van der Waals surface area contributed by atoms with Gasteiger partial charge in [0.1, 0.15) is 6.07 Å². The molecule has 0 radical (unpaired) electrons. The van der Waals surface area contributed by atoms with Gasteiger partial charge in [0, 0.05) is 6.20 Å². The largest absolute Gasteiger partial charge is 0.238 e. The summed E-state index contributed by atoms with van der Waals surface area (Å²) in [6.45, 7) is 3.78. The minimum atomic E-state index is 0.596. The molecule has 1 aromatic heterocycles. The topological polar surface area (TPSA) is 41.6 Å². The molecule has 0 saturated heterocycles. The lowest BCUT2D eigenvalue weighted by atomic mass is 10.1. The highest BCUT2D eigenvalue weighted by Gasteiger charge is 2.08. The van der Waals surface area contributed by atoms with Crippen LogP contribution in [-0.2, 0) is 0 Å². The lowest BCUT2D eigenvalue weighted by Gasteiger charge is -2.04. The van der Waals surface area contributed by atoms with Gasteiger partial charge >= 0.3 is 0 Å². The van der Waals surface area contributed by atoms with E-state index in [0.717, 1.165) is 16.9 Å². The van der Waals surface area contributed by atoms with Crippen LogP contribution in [0.15, 0.2) is 24.4 Å². The van der Waals surface area contributed by atoms with Crippen LogP contribution >= 0.6 is 11.6 Å². The molecule has 0 amide bonds. The maximum absolute atomic E-state index is 9.06. The average Bonchev–Trinajstić information content (AvgIpc) is 2.59. The Hall–Kier alpha value is -1.79. The second kappa shape index (κ2) is 3.99. The molecule has 16 heavy (non-hydrogen) atoms. The fourth-order valence-corrected chi connectivity index (χ4v) is 1.63. The van der Waals surface area contributed by atoms with E-state index in [9.17, 15) is 0 Å². The molecular formula is C12H10ClN3. The molecule has 0 N–H and O–H groups in total. The fourth-order valence-electron chi connectivity index (χ4n) is 1.50. The highest BCUT2D eigenvalue weighted by molar-refractivity contribution is 6.31. The van der Waals surface area contributed by atoms with E-state index < -0.39 is 0 Å². The number of aromatic nitrogens is 2. The lowest BCUT2D eigenvalue weighted by molar-refractivity contribution is 0.859. The Kier molecular flexibility index (Phi) is 2.67. The Morgan fingerprint density at radius 2 is 2.12 bits per heavy atom. The lowest BCUT2D eigenvalue weighted by Crippen LogP contribution is -1.98. The van der Waals surface area contributed by atoms with Crippen LogP contribution in [0.3, 0.4) is 0 Å². The molecule has 4 heteroatoms. The van der Waals surface area contributed by atoms with Gasteiger partial charge in [-0.1, -0.05) is 17.7 Å². The summed E-state index contributed by atoms with van der Waals surface area (Å²) >= 11 is 5.94. The van der Waals surface area contributed by atoms with Gasteiger partial charge in [-0.15, -0.1) is 0 Å². The number of halogens is 1. The maximum Gasteiger partial charge on any atom is 0.101 e. The van der Waals surface area contributed by atoms with E-state index in [0.29, 0.717) is 10.6 Å². The molecule has 0 spiro atoms. The quantitative estimate of drug-likeness (QED) is 0.757. The van der Waals surface area contributed by atoms with E-state index in [1.54, 1.807) is 10.9 Å². The monoisotopic (exact) mass is 231 g/mol. The summed E-state index contributed by atoms with van der Waals surface area (Å²) in [5.74, 6) is 0. The van der Waals surface area contributed by atoms with Crippen molar-refractivity contribution in [3.8, 4) is 11.8 Å². The third-order valence-electron chi connectivity index (χ3n) is 2.36. The van der Waals surface area contributed by atoms with Gasteiger partial charge in [0.25, 0.3) is 0 Å². The second-order valence-electron chi connectivity index (χ2n) is 3.64. The van der Waals surface area contributed by atoms with Crippen molar-refractivity contribution in [1.29, 1.82) is 5.26 Å². The zero-order chi connectivity index (χ0) is 11.7. The molecule has 0 atom stereocenters. The molecule has 0 aliphatic heterocycles. The van der Waals surface area contributed by atoms with E-state index in [1.165, 1.54) is 0 Å². The fraction of sp³-hybridized carbons (Fsp3) is 0.167. The molecule has 2 rings (SSSR count). The molecule has 0 aliphatic rings. The van der Waals surface area contributed by atoms with Gasteiger partial charge in [-0.2, -0.15) is 10.4 Å². The summed E-state index contributed by atoms with van der Waals surface area (Å²) in [5.41, 5.74) is 3.16. The van der Waals surface area contributed by atoms with Crippen molar-refractivity contribution in [3.05, 3.63) is 46.2 Å². The Morgan fingerprint density at radius 1 is 1.38 bits per heavy atom. The van der Waals surface area contributed by atoms with Crippen molar-refractivity contribution >= 4 is 11.6 Å². The summed E-state index contributed by atoms with van der Waals surface area (Å²) in [4.78, 5) is 0. The van der Waals surface area contributed by atoms with Gasteiger partial charge in [0.2, 0.25) is 0 Å². The molecule has 0 unspecified atom stereocenters. The number of nitriles is 1. The average molecular weight is 232 g/mol. The SMILES string of the molecule is Cc1ccc(-n2cc(Cl)c(C)n2)c(C#N)c1. The number of rotatable bonds is 1. The summed E-state index contributed by atoms with van der Waals surface area (Å²) < 4.78 is 1.63. The molecule has 3 nitrogen and oxygen atoms in total. The van der Waals surface area contributed by atoms with Gasteiger partial charge in [0.15, 0.2) is 0 Å². The Morgan fingerprint density at radius 3 is 2.69 bits per heavy atom. The van der Waals surface area contributed by atoms with Gasteiger partial charge in [-0.3, -0.25) is 0 Å². The summed E-state index contributed by atoms with van der Waals surface area (Å²) in [5, 5.41) is 13.9.